The molecule has 1 aromatic carbocycles. The van der Waals surface area contributed by atoms with Gasteiger partial charge in [-0.05, 0) is 30.5 Å². The molecule has 1 fully saturated rings. The van der Waals surface area contributed by atoms with Gasteiger partial charge in [-0.3, -0.25) is 4.79 Å². The number of nitrogens with one attached hydrogen (secondary N) is 1. The van der Waals surface area contributed by atoms with E-state index in [1.54, 1.807) is 14.0 Å². The Morgan fingerprint density at radius 3 is 2.72 bits per heavy atom. The minimum atomic E-state index is 0.0235. The number of hydrogen-bond donors (Lipinski definition) is 1. The van der Waals surface area contributed by atoms with Gasteiger partial charge in [0.25, 0.3) is 0 Å². The van der Waals surface area contributed by atoms with E-state index in [9.17, 15) is 4.79 Å². The molecule has 0 bridgehead atoms. The third-order valence-corrected chi connectivity index (χ3v) is 3.18. The predicted molar refractivity (Wildman–Crippen MR) is 68.5 cm³/mol. The maximum atomic E-state index is 11.1. The Morgan fingerprint density at radius 2 is 2.11 bits per heavy atom. The van der Waals surface area contributed by atoms with E-state index in [1.165, 1.54) is 0 Å². The molecule has 2 unspecified atom stereocenters. The summed E-state index contributed by atoms with van der Waals surface area (Å²) >= 11 is 0. The van der Waals surface area contributed by atoms with Gasteiger partial charge in [0.15, 0.2) is 0 Å². The number of benzene rings is 1. The molecule has 1 heterocycles. The van der Waals surface area contributed by atoms with Crippen molar-refractivity contribution >= 4 is 5.91 Å². The molecular formula is C14H19NO3. The lowest BCUT2D eigenvalue weighted by molar-refractivity contribution is -0.120. The van der Waals surface area contributed by atoms with Crippen molar-refractivity contribution in [3.8, 4) is 5.75 Å². The molecule has 0 radical (unpaired) electrons. The predicted octanol–water partition coefficient (Wildman–Crippen LogP) is 2.05. The zero-order valence-electron chi connectivity index (χ0n) is 10.8. The number of carbonyl (C=O) groups is 1. The van der Waals surface area contributed by atoms with Gasteiger partial charge in [0.2, 0.25) is 5.91 Å². The lowest BCUT2D eigenvalue weighted by atomic mass is 9.97. The number of ether oxygens (including phenoxy) is 2. The molecule has 18 heavy (non-hydrogen) atoms. The van der Waals surface area contributed by atoms with Crippen LogP contribution in [0, 0.1) is 0 Å². The average molecular weight is 249 g/mol. The lowest BCUT2D eigenvalue weighted by Crippen LogP contribution is -2.38. The smallest absolute Gasteiger partial charge is 0.217 e. The molecule has 1 aliphatic rings. The SMILES string of the molecule is COc1ccc(C2CC(NC(C)=O)CCO2)cc1. The Labute approximate surface area is 107 Å². The Kier molecular flexibility index (Phi) is 4.20. The van der Waals surface area contributed by atoms with E-state index in [1.807, 2.05) is 24.3 Å². The van der Waals surface area contributed by atoms with Gasteiger partial charge < -0.3 is 14.8 Å². The van der Waals surface area contributed by atoms with Gasteiger partial charge in [0.1, 0.15) is 5.75 Å². The molecule has 1 saturated heterocycles. The highest BCUT2D eigenvalue weighted by Gasteiger charge is 2.24. The number of methoxy groups -OCH3 is 1. The zero-order chi connectivity index (χ0) is 13.0. The fourth-order valence-corrected chi connectivity index (χ4v) is 2.27. The molecule has 1 aromatic rings. The van der Waals surface area contributed by atoms with Crippen LogP contribution in [-0.4, -0.2) is 25.7 Å². The van der Waals surface area contributed by atoms with E-state index >= 15 is 0 Å². The van der Waals surface area contributed by atoms with Crippen molar-refractivity contribution in [2.24, 2.45) is 0 Å². The first-order valence-corrected chi connectivity index (χ1v) is 6.21. The molecule has 98 valence electrons. The van der Waals surface area contributed by atoms with Gasteiger partial charge in [-0.2, -0.15) is 0 Å². The summed E-state index contributed by atoms with van der Waals surface area (Å²) in [7, 11) is 1.65. The molecule has 0 aliphatic carbocycles. The minimum Gasteiger partial charge on any atom is -0.497 e. The Bertz CT molecular complexity index is 402. The lowest BCUT2D eigenvalue weighted by Gasteiger charge is -2.30. The second-order valence-electron chi connectivity index (χ2n) is 4.55. The second-order valence-corrected chi connectivity index (χ2v) is 4.55. The van der Waals surface area contributed by atoms with E-state index in [0.29, 0.717) is 6.61 Å². The van der Waals surface area contributed by atoms with Crippen molar-refractivity contribution in [3.63, 3.8) is 0 Å². The van der Waals surface area contributed by atoms with E-state index in [-0.39, 0.29) is 18.1 Å². The maximum Gasteiger partial charge on any atom is 0.217 e. The largest absolute Gasteiger partial charge is 0.497 e. The van der Waals surface area contributed by atoms with Crippen LogP contribution in [0.15, 0.2) is 24.3 Å². The highest BCUT2D eigenvalue weighted by molar-refractivity contribution is 5.73. The first kappa shape index (κ1) is 12.9. The van der Waals surface area contributed by atoms with Crippen LogP contribution in [0.25, 0.3) is 0 Å². The third kappa shape index (κ3) is 3.23. The quantitative estimate of drug-likeness (QED) is 0.892. The first-order valence-electron chi connectivity index (χ1n) is 6.21. The molecule has 1 amide bonds. The highest BCUT2D eigenvalue weighted by Crippen LogP contribution is 2.29. The Morgan fingerprint density at radius 1 is 1.39 bits per heavy atom. The Balaban J connectivity index is 2.01. The molecular weight excluding hydrogens is 230 g/mol. The van der Waals surface area contributed by atoms with Crippen LogP contribution in [0.5, 0.6) is 5.75 Å². The molecule has 0 saturated carbocycles. The van der Waals surface area contributed by atoms with Crippen LogP contribution in [0.2, 0.25) is 0 Å². The Hall–Kier alpha value is -1.55. The summed E-state index contributed by atoms with van der Waals surface area (Å²) in [6.07, 6.45) is 1.76. The number of rotatable bonds is 3. The molecule has 2 atom stereocenters. The van der Waals surface area contributed by atoms with Crippen molar-refractivity contribution < 1.29 is 14.3 Å². The minimum absolute atomic E-state index is 0.0235. The summed E-state index contributed by atoms with van der Waals surface area (Å²) in [5.74, 6) is 0.864. The normalized spacial score (nSPS) is 23.4. The van der Waals surface area contributed by atoms with Crippen LogP contribution in [-0.2, 0) is 9.53 Å². The van der Waals surface area contributed by atoms with Gasteiger partial charge in [-0.1, -0.05) is 12.1 Å². The zero-order valence-corrected chi connectivity index (χ0v) is 10.8. The number of hydrogen-bond acceptors (Lipinski definition) is 3. The fourth-order valence-electron chi connectivity index (χ4n) is 2.27. The summed E-state index contributed by atoms with van der Waals surface area (Å²) in [5.41, 5.74) is 1.13. The van der Waals surface area contributed by atoms with Crippen LogP contribution in [0.4, 0.5) is 0 Å². The van der Waals surface area contributed by atoms with Gasteiger partial charge in [0, 0.05) is 19.6 Å². The van der Waals surface area contributed by atoms with Crippen LogP contribution in [0.1, 0.15) is 31.4 Å². The third-order valence-electron chi connectivity index (χ3n) is 3.18. The first-order chi connectivity index (χ1) is 8.69. The molecule has 2 rings (SSSR count). The molecule has 4 heteroatoms. The fraction of sp³-hybridized carbons (Fsp3) is 0.500. The van der Waals surface area contributed by atoms with Gasteiger partial charge in [-0.15, -0.1) is 0 Å². The molecule has 0 aromatic heterocycles. The maximum absolute atomic E-state index is 11.1. The summed E-state index contributed by atoms with van der Waals surface area (Å²) in [6.45, 7) is 2.24. The van der Waals surface area contributed by atoms with Gasteiger partial charge in [-0.25, -0.2) is 0 Å². The summed E-state index contributed by atoms with van der Waals surface area (Å²) in [5, 5.41) is 2.96. The van der Waals surface area contributed by atoms with Crippen LogP contribution >= 0.6 is 0 Å². The van der Waals surface area contributed by atoms with Gasteiger partial charge in [0.05, 0.1) is 13.2 Å². The monoisotopic (exact) mass is 249 g/mol. The van der Waals surface area contributed by atoms with E-state index in [4.69, 9.17) is 9.47 Å². The average Bonchev–Trinajstić information content (AvgIpc) is 2.38. The number of carbonyl (C=O) groups excluding carboxylic acids is 1. The highest BCUT2D eigenvalue weighted by atomic mass is 16.5. The summed E-state index contributed by atoms with van der Waals surface area (Å²) < 4.78 is 10.9. The second kappa shape index (κ2) is 5.87. The van der Waals surface area contributed by atoms with Crippen LogP contribution in [0.3, 0.4) is 0 Å². The topological polar surface area (TPSA) is 47.6 Å². The van der Waals surface area contributed by atoms with Crippen molar-refractivity contribution in [1.29, 1.82) is 0 Å². The molecule has 1 aliphatic heterocycles. The number of amides is 1. The summed E-state index contributed by atoms with van der Waals surface area (Å²) in [4.78, 5) is 11.1. The summed E-state index contributed by atoms with van der Waals surface area (Å²) in [6, 6.07) is 8.10. The van der Waals surface area contributed by atoms with E-state index < -0.39 is 0 Å². The van der Waals surface area contributed by atoms with Gasteiger partial charge >= 0.3 is 0 Å². The molecule has 4 nitrogen and oxygen atoms in total. The van der Waals surface area contributed by atoms with Crippen molar-refractivity contribution in [3.05, 3.63) is 29.8 Å². The molecule has 0 spiro atoms. The van der Waals surface area contributed by atoms with Crippen molar-refractivity contribution in [2.75, 3.05) is 13.7 Å². The molecule has 1 N–H and O–H groups in total. The standard InChI is InChI=1S/C14H19NO3/c1-10(16)15-12-7-8-18-14(9-12)11-3-5-13(17-2)6-4-11/h3-6,12,14H,7-9H2,1-2H3,(H,15,16). The van der Waals surface area contributed by atoms with Crippen molar-refractivity contribution in [2.45, 2.75) is 31.9 Å². The van der Waals surface area contributed by atoms with E-state index in [2.05, 4.69) is 5.32 Å². The van der Waals surface area contributed by atoms with E-state index in [0.717, 1.165) is 24.2 Å². The van der Waals surface area contributed by atoms with Crippen molar-refractivity contribution in [1.82, 2.24) is 5.32 Å². The van der Waals surface area contributed by atoms with Crippen LogP contribution < -0.4 is 10.1 Å².